The van der Waals surface area contributed by atoms with Crippen LogP contribution in [0.25, 0.3) is 0 Å². The predicted octanol–water partition coefficient (Wildman–Crippen LogP) is 5.83. The van der Waals surface area contributed by atoms with Crippen molar-refractivity contribution >= 4 is 17.9 Å². The SMILES string of the molecule is CCC(C)C(NC(=O)OC(C)(C)C)C(=O)N(C(C(=O)NC(C)C)c1cc(C)cc(C)c1)C(C)(C)CC. The van der Waals surface area contributed by atoms with E-state index in [0.717, 1.165) is 16.7 Å². The van der Waals surface area contributed by atoms with E-state index in [1.54, 1.807) is 25.7 Å². The number of alkyl carbamates (subject to hydrolysis) is 1. The predicted molar refractivity (Wildman–Crippen MR) is 146 cm³/mol. The van der Waals surface area contributed by atoms with Gasteiger partial charge >= 0.3 is 6.09 Å². The zero-order chi connectivity index (χ0) is 28.0. The number of carbonyl (C=O) groups is 3. The molecule has 0 aliphatic carbocycles. The van der Waals surface area contributed by atoms with Gasteiger partial charge in [-0.05, 0) is 80.2 Å². The molecular weight excluding hydrogens is 454 g/mol. The largest absolute Gasteiger partial charge is 0.444 e. The van der Waals surface area contributed by atoms with Crippen molar-refractivity contribution in [2.45, 2.75) is 125 Å². The average Bonchev–Trinajstić information content (AvgIpc) is 2.71. The van der Waals surface area contributed by atoms with Crippen molar-refractivity contribution in [3.8, 4) is 0 Å². The molecule has 0 spiro atoms. The first-order valence-electron chi connectivity index (χ1n) is 13.1. The Morgan fingerprint density at radius 1 is 0.917 bits per heavy atom. The number of hydrogen-bond acceptors (Lipinski definition) is 4. The second-order valence-electron chi connectivity index (χ2n) is 11.9. The highest BCUT2D eigenvalue weighted by molar-refractivity contribution is 5.93. The third kappa shape index (κ3) is 8.82. The fourth-order valence-electron chi connectivity index (χ4n) is 4.16. The summed E-state index contributed by atoms with van der Waals surface area (Å²) in [6.07, 6.45) is 0.637. The van der Waals surface area contributed by atoms with Gasteiger partial charge in [0.1, 0.15) is 17.7 Å². The standard InChI is InChI=1S/C29H49N3O4/c1-13-21(7)23(31-27(35)36-28(8,9)10)26(34)32(29(11,12)14-2)24(25(33)30-18(3)4)22-16-19(5)15-20(6)17-22/h15-18,21,23-24H,13-14H2,1-12H3,(H,30,33)(H,31,35). The van der Waals surface area contributed by atoms with Gasteiger partial charge in [0, 0.05) is 11.6 Å². The van der Waals surface area contributed by atoms with Crippen LogP contribution in [0.5, 0.6) is 0 Å². The molecule has 7 heteroatoms. The highest BCUT2D eigenvalue weighted by Crippen LogP contribution is 2.34. The van der Waals surface area contributed by atoms with Gasteiger partial charge in [0.05, 0.1) is 0 Å². The number of benzene rings is 1. The lowest BCUT2D eigenvalue weighted by Gasteiger charge is -2.45. The summed E-state index contributed by atoms with van der Waals surface area (Å²) in [5, 5.41) is 5.85. The Labute approximate surface area is 218 Å². The van der Waals surface area contributed by atoms with E-state index >= 15 is 0 Å². The molecule has 7 nitrogen and oxygen atoms in total. The topological polar surface area (TPSA) is 87.7 Å². The van der Waals surface area contributed by atoms with Crippen molar-refractivity contribution < 1.29 is 19.1 Å². The van der Waals surface area contributed by atoms with Crippen molar-refractivity contribution in [2.75, 3.05) is 0 Å². The van der Waals surface area contributed by atoms with E-state index in [-0.39, 0.29) is 23.8 Å². The van der Waals surface area contributed by atoms with Crippen molar-refractivity contribution in [3.63, 3.8) is 0 Å². The monoisotopic (exact) mass is 503 g/mol. The lowest BCUT2D eigenvalue weighted by molar-refractivity contribution is -0.150. The Kier molecular flexibility index (Phi) is 11.0. The molecule has 0 bridgehead atoms. The van der Waals surface area contributed by atoms with E-state index in [0.29, 0.717) is 12.8 Å². The Balaban J connectivity index is 3.73. The van der Waals surface area contributed by atoms with Gasteiger partial charge in [-0.2, -0.15) is 0 Å². The molecule has 204 valence electrons. The molecule has 0 aliphatic heterocycles. The third-order valence-electron chi connectivity index (χ3n) is 6.40. The van der Waals surface area contributed by atoms with Crippen molar-refractivity contribution in [2.24, 2.45) is 5.92 Å². The van der Waals surface area contributed by atoms with E-state index < -0.39 is 29.3 Å². The molecule has 0 saturated heterocycles. The van der Waals surface area contributed by atoms with Gasteiger partial charge in [-0.15, -0.1) is 0 Å². The maximum atomic E-state index is 14.4. The van der Waals surface area contributed by atoms with E-state index in [1.807, 2.05) is 80.5 Å². The highest BCUT2D eigenvalue weighted by Gasteiger charge is 2.44. The summed E-state index contributed by atoms with van der Waals surface area (Å²) in [5.74, 6) is -0.719. The molecule has 0 radical (unpaired) electrons. The zero-order valence-electron chi connectivity index (χ0n) is 24.5. The van der Waals surface area contributed by atoms with E-state index in [9.17, 15) is 14.4 Å². The Hall–Kier alpha value is -2.57. The molecule has 0 aliphatic rings. The van der Waals surface area contributed by atoms with Crippen LogP contribution in [-0.2, 0) is 14.3 Å². The van der Waals surface area contributed by atoms with Crippen LogP contribution in [-0.4, -0.2) is 46.0 Å². The number of hydrogen-bond donors (Lipinski definition) is 2. The quantitative estimate of drug-likeness (QED) is 0.421. The first-order chi connectivity index (χ1) is 16.4. The van der Waals surface area contributed by atoms with E-state index in [2.05, 4.69) is 10.6 Å². The third-order valence-corrected chi connectivity index (χ3v) is 6.40. The summed E-state index contributed by atoms with van der Waals surface area (Å²) in [6.45, 7) is 22.9. The van der Waals surface area contributed by atoms with Crippen LogP contribution in [0.2, 0.25) is 0 Å². The number of rotatable bonds is 10. The van der Waals surface area contributed by atoms with Crippen molar-refractivity contribution in [1.82, 2.24) is 15.5 Å². The molecule has 0 saturated carbocycles. The fraction of sp³-hybridized carbons (Fsp3) is 0.690. The molecule has 0 fully saturated rings. The summed E-state index contributed by atoms with van der Waals surface area (Å²) in [4.78, 5) is 42.6. The minimum absolute atomic E-state index is 0.0992. The Bertz CT molecular complexity index is 897. The Morgan fingerprint density at radius 3 is 1.86 bits per heavy atom. The number of nitrogens with zero attached hydrogens (tertiary/aromatic N) is 1. The summed E-state index contributed by atoms with van der Waals surface area (Å²) in [5.41, 5.74) is 1.41. The number of nitrogens with one attached hydrogen (secondary N) is 2. The molecule has 2 N–H and O–H groups in total. The molecular formula is C29H49N3O4. The first-order valence-corrected chi connectivity index (χ1v) is 13.1. The van der Waals surface area contributed by atoms with Crippen LogP contribution in [0.3, 0.4) is 0 Å². The minimum atomic E-state index is -0.861. The van der Waals surface area contributed by atoms with Gasteiger partial charge in [-0.25, -0.2) is 4.79 Å². The van der Waals surface area contributed by atoms with Gasteiger partial charge in [0.2, 0.25) is 11.8 Å². The lowest BCUT2D eigenvalue weighted by atomic mass is 9.88. The fourth-order valence-corrected chi connectivity index (χ4v) is 4.16. The smallest absolute Gasteiger partial charge is 0.408 e. The van der Waals surface area contributed by atoms with Gasteiger partial charge in [0.15, 0.2) is 0 Å². The molecule has 1 rings (SSSR count). The molecule has 3 unspecified atom stereocenters. The maximum absolute atomic E-state index is 14.4. The molecule has 36 heavy (non-hydrogen) atoms. The normalized spacial score (nSPS) is 14.6. The van der Waals surface area contributed by atoms with E-state index in [4.69, 9.17) is 4.74 Å². The van der Waals surface area contributed by atoms with Crippen LogP contribution >= 0.6 is 0 Å². The second-order valence-corrected chi connectivity index (χ2v) is 11.9. The van der Waals surface area contributed by atoms with E-state index in [1.165, 1.54) is 0 Å². The number of carbonyl (C=O) groups excluding carboxylic acids is 3. The molecule has 3 amide bonds. The van der Waals surface area contributed by atoms with Crippen LogP contribution in [0.4, 0.5) is 4.79 Å². The van der Waals surface area contributed by atoms with Gasteiger partial charge in [-0.1, -0.05) is 56.5 Å². The zero-order valence-corrected chi connectivity index (χ0v) is 24.5. The van der Waals surface area contributed by atoms with Crippen molar-refractivity contribution in [3.05, 3.63) is 34.9 Å². The van der Waals surface area contributed by atoms with Crippen molar-refractivity contribution in [1.29, 1.82) is 0 Å². The summed E-state index contributed by atoms with van der Waals surface area (Å²) in [7, 11) is 0. The molecule has 1 aromatic carbocycles. The van der Waals surface area contributed by atoms with Crippen LogP contribution in [0.1, 0.15) is 105 Å². The minimum Gasteiger partial charge on any atom is -0.444 e. The average molecular weight is 504 g/mol. The molecule has 0 aromatic heterocycles. The second kappa shape index (κ2) is 12.6. The van der Waals surface area contributed by atoms with Gasteiger partial charge in [-0.3, -0.25) is 9.59 Å². The Morgan fingerprint density at radius 2 is 1.44 bits per heavy atom. The molecule has 0 heterocycles. The molecule has 3 atom stereocenters. The van der Waals surface area contributed by atoms with Crippen LogP contribution in [0, 0.1) is 19.8 Å². The van der Waals surface area contributed by atoms with Gasteiger partial charge in [0.25, 0.3) is 0 Å². The summed E-state index contributed by atoms with van der Waals surface area (Å²) >= 11 is 0. The first kappa shape index (κ1) is 31.5. The number of ether oxygens (including phenoxy) is 1. The number of amides is 3. The maximum Gasteiger partial charge on any atom is 0.408 e. The highest BCUT2D eigenvalue weighted by atomic mass is 16.6. The molecule has 1 aromatic rings. The lowest BCUT2D eigenvalue weighted by Crippen LogP contribution is -2.61. The van der Waals surface area contributed by atoms with Crippen LogP contribution in [0.15, 0.2) is 18.2 Å². The summed E-state index contributed by atoms with van der Waals surface area (Å²) in [6, 6.07) is 4.16. The summed E-state index contributed by atoms with van der Waals surface area (Å²) < 4.78 is 5.48. The number of aryl methyl sites for hydroxylation is 2. The van der Waals surface area contributed by atoms with Gasteiger partial charge < -0.3 is 20.3 Å². The van der Waals surface area contributed by atoms with Crippen LogP contribution < -0.4 is 10.6 Å².